The van der Waals surface area contributed by atoms with E-state index in [2.05, 4.69) is 15.5 Å². The molecule has 2 amide bonds. The van der Waals surface area contributed by atoms with Crippen LogP contribution >= 0.6 is 23.2 Å². The molecular formula is C23H27Cl2N3O6. The van der Waals surface area contributed by atoms with Crippen molar-refractivity contribution in [3.8, 4) is 0 Å². The monoisotopic (exact) mass is 511 g/mol. The minimum absolute atomic E-state index is 0.0179. The van der Waals surface area contributed by atoms with Gasteiger partial charge in [-0.1, -0.05) is 35.3 Å². The topological polar surface area (TPSA) is 135 Å². The van der Waals surface area contributed by atoms with E-state index in [1.807, 2.05) is 31.3 Å². The van der Waals surface area contributed by atoms with E-state index in [1.54, 1.807) is 12.1 Å². The number of hydrogen-bond donors (Lipinski definition) is 6. The summed E-state index contributed by atoms with van der Waals surface area (Å²) in [5.74, 6) is -0.0179. The zero-order valence-electron chi connectivity index (χ0n) is 18.4. The number of carbonyl (C=O) groups excluding carboxylic acids is 1. The molecule has 2 aromatic rings. The molecule has 1 saturated heterocycles. The fraction of sp³-hybridized carbons (Fsp3) is 0.435. The zero-order valence-corrected chi connectivity index (χ0v) is 19.9. The van der Waals surface area contributed by atoms with Gasteiger partial charge < -0.3 is 40.7 Å². The van der Waals surface area contributed by atoms with Crippen molar-refractivity contribution in [3.63, 3.8) is 0 Å². The van der Waals surface area contributed by atoms with Gasteiger partial charge >= 0.3 is 6.03 Å². The molecule has 6 atom stereocenters. The number of ether oxygens (including phenoxy) is 1. The van der Waals surface area contributed by atoms with Crippen LogP contribution in [0.3, 0.4) is 0 Å². The quantitative estimate of drug-likeness (QED) is 0.366. The Labute approximate surface area is 206 Å². The Kier molecular flexibility index (Phi) is 7.66. The molecule has 0 radical (unpaired) electrons. The number of benzene rings is 2. The van der Waals surface area contributed by atoms with Crippen molar-refractivity contribution < 1.29 is 30.0 Å². The number of nitrogens with zero attached hydrogens (tertiary/aromatic N) is 1. The van der Waals surface area contributed by atoms with Crippen LogP contribution in [0.25, 0.3) is 0 Å². The fourth-order valence-corrected chi connectivity index (χ4v) is 5.10. The van der Waals surface area contributed by atoms with Gasteiger partial charge in [0.25, 0.3) is 0 Å². The molecule has 4 rings (SSSR count). The van der Waals surface area contributed by atoms with Crippen molar-refractivity contribution in [3.05, 3.63) is 63.1 Å². The number of nitrogens with one attached hydrogen (secondary N) is 2. The van der Waals surface area contributed by atoms with E-state index in [-0.39, 0.29) is 5.92 Å². The van der Waals surface area contributed by atoms with Crippen molar-refractivity contribution >= 4 is 34.9 Å². The Hall–Kier alpha value is -1.95. The molecule has 34 heavy (non-hydrogen) atoms. The molecule has 9 nitrogen and oxygen atoms in total. The van der Waals surface area contributed by atoms with Crippen LogP contribution in [-0.4, -0.2) is 82.2 Å². The van der Waals surface area contributed by atoms with Gasteiger partial charge in [0.1, 0.15) is 24.4 Å². The lowest BCUT2D eigenvalue weighted by Crippen LogP contribution is -2.64. The van der Waals surface area contributed by atoms with Crippen LogP contribution in [-0.2, 0) is 11.3 Å². The second kappa shape index (κ2) is 10.3. The molecule has 0 saturated carbocycles. The zero-order chi connectivity index (χ0) is 24.6. The second-order valence-corrected chi connectivity index (χ2v) is 9.53. The number of carbonyl (C=O) groups is 1. The molecule has 2 aromatic carbocycles. The molecule has 0 aliphatic carbocycles. The summed E-state index contributed by atoms with van der Waals surface area (Å²) in [5, 5.41) is 45.8. The largest absolute Gasteiger partial charge is 0.394 e. The molecule has 0 spiro atoms. The SMILES string of the molecule is CN1Cc2c(Cl)cc(Cl)cc2C(c2cccc(NC(=O)N[C@H]3C(O)O[C@H](CO)[C@@H](O)[C@@H]3O)c2)C1. The summed E-state index contributed by atoms with van der Waals surface area (Å²) >= 11 is 12.7. The normalized spacial score (nSPS) is 29.4. The molecule has 6 N–H and O–H groups in total. The molecular weight excluding hydrogens is 485 g/mol. The van der Waals surface area contributed by atoms with Crippen LogP contribution in [0.4, 0.5) is 10.5 Å². The second-order valence-electron chi connectivity index (χ2n) is 8.68. The number of rotatable bonds is 4. The van der Waals surface area contributed by atoms with Crippen molar-refractivity contribution in [1.82, 2.24) is 10.2 Å². The minimum Gasteiger partial charge on any atom is -0.394 e. The van der Waals surface area contributed by atoms with Gasteiger partial charge in [0, 0.05) is 34.7 Å². The lowest BCUT2D eigenvalue weighted by molar-refractivity contribution is -0.252. The van der Waals surface area contributed by atoms with Crippen LogP contribution in [0.2, 0.25) is 10.0 Å². The van der Waals surface area contributed by atoms with Crippen LogP contribution < -0.4 is 10.6 Å². The summed E-state index contributed by atoms with van der Waals surface area (Å²) in [6.07, 6.45) is -5.75. The number of likely N-dealkylation sites (N-methyl/N-ethyl adjacent to an activating group) is 1. The Morgan fingerprint density at radius 3 is 2.68 bits per heavy atom. The average molecular weight is 512 g/mol. The maximum atomic E-state index is 12.6. The van der Waals surface area contributed by atoms with Gasteiger partial charge in [-0.15, -0.1) is 0 Å². The number of aliphatic hydroxyl groups is 4. The predicted octanol–water partition coefficient (Wildman–Crippen LogP) is 1.49. The summed E-state index contributed by atoms with van der Waals surface area (Å²) in [5.41, 5.74) is 3.50. The number of hydrogen-bond acceptors (Lipinski definition) is 7. The first kappa shape index (κ1) is 25.2. The number of fused-ring (bicyclic) bond motifs is 1. The smallest absolute Gasteiger partial charge is 0.319 e. The van der Waals surface area contributed by atoms with E-state index >= 15 is 0 Å². The van der Waals surface area contributed by atoms with E-state index in [1.165, 1.54) is 0 Å². The molecule has 2 aliphatic heterocycles. The number of halogens is 2. The van der Waals surface area contributed by atoms with Crippen molar-refractivity contribution in [2.45, 2.75) is 43.1 Å². The Morgan fingerprint density at radius 1 is 1.18 bits per heavy atom. The summed E-state index contributed by atoms with van der Waals surface area (Å²) in [4.78, 5) is 14.7. The fourth-order valence-electron chi connectivity index (χ4n) is 4.54. The van der Waals surface area contributed by atoms with Gasteiger partial charge in [-0.2, -0.15) is 0 Å². The van der Waals surface area contributed by atoms with Crippen molar-refractivity contribution in [1.29, 1.82) is 0 Å². The third kappa shape index (κ3) is 5.17. The minimum atomic E-state index is -1.60. The van der Waals surface area contributed by atoms with E-state index in [9.17, 15) is 25.2 Å². The predicted molar refractivity (Wildman–Crippen MR) is 127 cm³/mol. The molecule has 2 heterocycles. The van der Waals surface area contributed by atoms with Gasteiger partial charge in [0.2, 0.25) is 0 Å². The van der Waals surface area contributed by atoms with E-state index < -0.39 is 43.3 Å². The Morgan fingerprint density at radius 2 is 1.94 bits per heavy atom. The van der Waals surface area contributed by atoms with Gasteiger partial charge in [-0.05, 0) is 48.0 Å². The maximum Gasteiger partial charge on any atom is 0.319 e. The number of urea groups is 1. The average Bonchev–Trinajstić information content (AvgIpc) is 2.79. The summed E-state index contributed by atoms with van der Waals surface area (Å²) in [6.45, 7) is 0.858. The molecule has 11 heteroatoms. The lowest BCUT2D eigenvalue weighted by Gasteiger charge is -2.40. The Balaban J connectivity index is 1.50. The van der Waals surface area contributed by atoms with Crippen molar-refractivity contribution in [2.24, 2.45) is 0 Å². The van der Waals surface area contributed by atoms with Crippen LogP contribution in [0.1, 0.15) is 22.6 Å². The highest BCUT2D eigenvalue weighted by molar-refractivity contribution is 6.35. The van der Waals surface area contributed by atoms with Crippen LogP contribution in [0, 0.1) is 0 Å². The van der Waals surface area contributed by atoms with E-state index in [4.69, 9.17) is 27.9 Å². The first-order chi connectivity index (χ1) is 16.2. The highest BCUT2D eigenvalue weighted by Crippen LogP contribution is 2.38. The lowest BCUT2D eigenvalue weighted by atomic mass is 9.84. The highest BCUT2D eigenvalue weighted by Gasteiger charge is 2.44. The molecule has 0 aromatic heterocycles. The molecule has 1 fully saturated rings. The third-order valence-electron chi connectivity index (χ3n) is 6.24. The molecule has 184 valence electrons. The highest BCUT2D eigenvalue weighted by atomic mass is 35.5. The van der Waals surface area contributed by atoms with E-state index in [0.717, 1.165) is 23.2 Å². The van der Waals surface area contributed by atoms with E-state index in [0.29, 0.717) is 22.3 Å². The summed E-state index contributed by atoms with van der Waals surface area (Å²) in [6, 6.07) is 8.98. The number of aliphatic hydroxyl groups excluding tert-OH is 4. The Bertz CT molecular complexity index is 1060. The standard InChI is InChI=1S/C23H27Cl2N3O6/c1-28-8-15(14-6-12(24)7-17(25)16(14)9-28)11-3-2-4-13(5-11)26-23(33)27-19-21(31)20(30)18(10-29)34-22(19)32/h2-7,15,18-22,29-32H,8-10H2,1H3,(H2,26,27,33)/t15?,18-,19-,20-,21-,22?/m1/s1. The van der Waals surface area contributed by atoms with Crippen molar-refractivity contribution in [2.75, 3.05) is 25.5 Å². The first-order valence-corrected chi connectivity index (χ1v) is 11.6. The molecule has 0 bridgehead atoms. The molecule has 2 unspecified atom stereocenters. The van der Waals surface area contributed by atoms with Gasteiger partial charge in [0.15, 0.2) is 6.29 Å². The van der Waals surface area contributed by atoms with Gasteiger partial charge in [0.05, 0.1) is 6.61 Å². The van der Waals surface area contributed by atoms with Crippen LogP contribution in [0.15, 0.2) is 36.4 Å². The molecule has 2 aliphatic rings. The van der Waals surface area contributed by atoms with Gasteiger partial charge in [-0.25, -0.2) is 4.79 Å². The first-order valence-electron chi connectivity index (χ1n) is 10.8. The van der Waals surface area contributed by atoms with Gasteiger partial charge in [-0.3, -0.25) is 0 Å². The van der Waals surface area contributed by atoms with Crippen LogP contribution in [0.5, 0.6) is 0 Å². The third-order valence-corrected chi connectivity index (χ3v) is 6.79. The summed E-state index contributed by atoms with van der Waals surface area (Å²) < 4.78 is 5.07. The number of amides is 2. The summed E-state index contributed by atoms with van der Waals surface area (Å²) in [7, 11) is 2.01. The number of anilines is 1. The maximum absolute atomic E-state index is 12.6.